The van der Waals surface area contributed by atoms with E-state index in [1.807, 2.05) is 6.08 Å². The van der Waals surface area contributed by atoms with Gasteiger partial charge in [-0.2, -0.15) is 0 Å². The Labute approximate surface area is 118 Å². The van der Waals surface area contributed by atoms with Crippen molar-refractivity contribution in [1.82, 2.24) is 15.1 Å². The summed E-state index contributed by atoms with van der Waals surface area (Å²) in [6.07, 6.45) is 4.06. The second-order valence-corrected chi connectivity index (χ2v) is 4.80. The number of ether oxygens (including phenoxy) is 1. The van der Waals surface area contributed by atoms with Gasteiger partial charge in [-0.25, -0.2) is 4.79 Å². The summed E-state index contributed by atoms with van der Waals surface area (Å²) in [6.45, 7) is 6.81. The number of rotatable bonds is 5. The molecule has 1 aliphatic rings. The number of esters is 1. The first kappa shape index (κ1) is 14.5. The fraction of sp³-hybridized carbons (Fsp3) is 0.500. The lowest BCUT2D eigenvalue weighted by molar-refractivity contribution is 0.0593. The molecule has 2 heterocycles. The lowest BCUT2D eigenvalue weighted by Crippen LogP contribution is -2.39. The molecular formula is C14H20N4O2. The molecule has 0 amide bonds. The van der Waals surface area contributed by atoms with Crippen molar-refractivity contribution in [3.8, 4) is 0 Å². The van der Waals surface area contributed by atoms with Crippen molar-refractivity contribution < 1.29 is 9.53 Å². The Morgan fingerprint density at radius 1 is 1.50 bits per heavy atom. The van der Waals surface area contributed by atoms with Gasteiger partial charge in [-0.1, -0.05) is 6.08 Å². The highest BCUT2D eigenvalue weighted by atomic mass is 16.5. The molecule has 0 aromatic carbocycles. The quantitative estimate of drug-likeness (QED) is 0.646. The molecule has 6 heteroatoms. The zero-order chi connectivity index (χ0) is 14.4. The maximum Gasteiger partial charge on any atom is 0.358 e. The number of nitrogens with one attached hydrogen (secondary N) is 1. The van der Waals surface area contributed by atoms with Gasteiger partial charge in [-0.05, 0) is 25.0 Å². The van der Waals surface area contributed by atoms with Crippen LogP contribution in [0.2, 0.25) is 0 Å². The predicted molar refractivity (Wildman–Crippen MR) is 76.7 cm³/mol. The summed E-state index contributed by atoms with van der Waals surface area (Å²) in [7, 11) is 1.33. The molecule has 1 aromatic heterocycles. The van der Waals surface area contributed by atoms with Crippen LogP contribution in [0.1, 0.15) is 23.3 Å². The fourth-order valence-corrected chi connectivity index (χ4v) is 2.27. The van der Waals surface area contributed by atoms with Crippen LogP contribution >= 0.6 is 0 Å². The lowest BCUT2D eigenvalue weighted by Gasteiger charge is -2.31. The Kier molecular flexibility index (Phi) is 5.06. The summed E-state index contributed by atoms with van der Waals surface area (Å²) in [4.78, 5) is 13.6. The number of aromatic nitrogens is 2. The number of hydrogen-bond acceptors (Lipinski definition) is 6. The van der Waals surface area contributed by atoms with Crippen LogP contribution in [-0.2, 0) is 4.74 Å². The summed E-state index contributed by atoms with van der Waals surface area (Å²) in [5, 5.41) is 11.2. The number of methoxy groups -OCH3 is 1. The van der Waals surface area contributed by atoms with E-state index in [-0.39, 0.29) is 5.69 Å². The minimum Gasteiger partial charge on any atom is -0.464 e. The number of anilines is 1. The van der Waals surface area contributed by atoms with Gasteiger partial charge in [0.05, 0.1) is 7.11 Å². The highest BCUT2D eigenvalue weighted by molar-refractivity contribution is 5.86. The van der Waals surface area contributed by atoms with Crippen LogP contribution in [0.15, 0.2) is 24.8 Å². The van der Waals surface area contributed by atoms with Crippen LogP contribution in [0.5, 0.6) is 0 Å². The maximum atomic E-state index is 11.3. The summed E-state index contributed by atoms with van der Waals surface area (Å²) in [5.74, 6) is 0.224. The van der Waals surface area contributed by atoms with Crippen LogP contribution in [0.25, 0.3) is 0 Å². The molecule has 0 bridgehead atoms. The van der Waals surface area contributed by atoms with Crippen molar-refractivity contribution >= 4 is 11.8 Å². The second-order valence-electron chi connectivity index (χ2n) is 4.80. The van der Waals surface area contributed by atoms with Crippen LogP contribution in [0.4, 0.5) is 5.82 Å². The van der Waals surface area contributed by atoms with Gasteiger partial charge in [0.1, 0.15) is 5.82 Å². The maximum absolute atomic E-state index is 11.3. The van der Waals surface area contributed by atoms with Crippen LogP contribution in [0, 0.1) is 0 Å². The summed E-state index contributed by atoms with van der Waals surface area (Å²) < 4.78 is 4.59. The number of carbonyl (C=O) groups is 1. The SMILES string of the molecule is C=CCN1CCC(Nc2ccc(C(=O)OC)nn2)CC1. The lowest BCUT2D eigenvalue weighted by atomic mass is 10.1. The number of hydrogen-bond donors (Lipinski definition) is 1. The molecule has 1 saturated heterocycles. The fourth-order valence-electron chi connectivity index (χ4n) is 2.27. The summed E-state index contributed by atoms with van der Waals surface area (Å²) >= 11 is 0. The van der Waals surface area contributed by atoms with E-state index >= 15 is 0 Å². The van der Waals surface area contributed by atoms with Crippen molar-refractivity contribution in [3.05, 3.63) is 30.5 Å². The average Bonchev–Trinajstić information content (AvgIpc) is 2.49. The smallest absolute Gasteiger partial charge is 0.358 e. The van der Waals surface area contributed by atoms with Crippen LogP contribution in [-0.4, -0.2) is 53.9 Å². The molecule has 6 nitrogen and oxygen atoms in total. The number of carbonyl (C=O) groups excluding carboxylic acids is 1. The molecule has 1 N–H and O–H groups in total. The van der Waals surface area contributed by atoms with E-state index in [9.17, 15) is 4.79 Å². The third kappa shape index (κ3) is 3.77. The summed E-state index contributed by atoms with van der Waals surface area (Å²) in [5.41, 5.74) is 0.221. The molecule has 0 aliphatic carbocycles. The van der Waals surface area contributed by atoms with Crippen molar-refractivity contribution in [2.24, 2.45) is 0 Å². The standard InChI is InChI=1S/C14H20N4O2/c1-3-8-18-9-6-11(7-10-18)15-13-5-4-12(16-17-13)14(19)20-2/h3-5,11H,1,6-10H2,2H3,(H,15,17). The molecule has 0 spiro atoms. The molecule has 0 unspecified atom stereocenters. The Balaban J connectivity index is 1.85. The Bertz CT molecular complexity index is 453. The molecule has 1 fully saturated rings. The van der Waals surface area contributed by atoms with Gasteiger partial charge in [0, 0.05) is 25.7 Å². The number of likely N-dealkylation sites (tertiary alicyclic amines) is 1. The van der Waals surface area contributed by atoms with Gasteiger partial charge in [-0.3, -0.25) is 4.90 Å². The van der Waals surface area contributed by atoms with Gasteiger partial charge < -0.3 is 10.1 Å². The minimum absolute atomic E-state index is 0.221. The summed E-state index contributed by atoms with van der Waals surface area (Å²) in [6, 6.07) is 3.78. The van der Waals surface area contributed by atoms with Crippen molar-refractivity contribution in [3.63, 3.8) is 0 Å². The van der Waals surface area contributed by atoms with E-state index < -0.39 is 5.97 Å². The highest BCUT2D eigenvalue weighted by Crippen LogP contribution is 2.14. The van der Waals surface area contributed by atoms with Crippen LogP contribution < -0.4 is 5.32 Å². The van der Waals surface area contributed by atoms with Gasteiger partial charge in [-0.15, -0.1) is 16.8 Å². The van der Waals surface area contributed by atoms with E-state index in [0.717, 1.165) is 32.5 Å². The molecule has 2 rings (SSSR count). The number of piperidine rings is 1. The third-order valence-electron chi connectivity index (χ3n) is 3.39. The molecule has 1 aromatic rings. The monoisotopic (exact) mass is 276 g/mol. The highest BCUT2D eigenvalue weighted by Gasteiger charge is 2.18. The Hall–Kier alpha value is -1.95. The van der Waals surface area contributed by atoms with E-state index in [2.05, 4.69) is 31.7 Å². The predicted octanol–water partition coefficient (Wildman–Crippen LogP) is 1.33. The zero-order valence-electron chi connectivity index (χ0n) is 11.7. The van der Waals surface area contributed by atoms with E-state index in [1.54, 1.807) is 12.1 Å². The molecular weight excluding hydrogens is 256 g/mol. The van der Waals surface area contributed by atoms with Crippen molar-refractivity contribution in [1.29, 1.82) is 0 Å². The van der Waals surface area contributed by atoms with E-state index in [0.29, 0.717) is 11.9 Å². The van der Waals surface area contributed by atoms with Gasteiger partial charge in [0.2, 0.25) is 0 Å². The molecule has 108 valence electrons. The Morgan fingerprint density at radius 3 is 2.80 bits per heavy atom. The molecule has 0 saturated carbocycles. The molecule has 0 radical (unpaired) electrons. The first-order chi connectivity index (χ1) is 9.72. The number of nitrogens with zero attached hydrogens (tertiary/aromatic N) is 3. The van der Waals surface area contributed by atoms with Crippen molar-refractivity contribution in [2.45, 2.75) is 18.9 Å². The van der Waals surface area contributed by atoms with Gasteiger partial charge in [0.15, 0.2) is 5.69 Å². The second kappa shape index (κ2) is 7.00. The third-order valence-corrected chi connectivity index (χ3v) is 3.39. The van der Waals surface area contributed by atoms with Gasteiger partial charge >= 0.3 is 5.97 Å². The topological polar surface area (TPSA) is 67.4 Å². The minimum atomic E-state index is -0.471. The molecule has 0 atom stereocenters. The van der Waals surface area contributed by atoms with Crippen molar-refractivity contribution in [2.75, 3.05) is 32.1 Å². The molecule has 1 aliphatic heterocycles. The largest absolute Gasteiger partial charge is 0.464 e. The first-order valence-corrected chi connectivity index (χ1v) is 6.74. The van der Waals surface area contributed by atoms with Gasteiger partial charge in [0.25, 0.3) is 0 Å². The average molecular weight is 276 g/mol. The normalized spacial score (nSPS) is 16.6. The van der Waals surface area contributed by atoms with E-state index in [4.69, 9.17) is 0 Å². The van der Waals surface area contributed by atoms with Crippen LogP contribution in [0.3, 0.4) is 0 Å². The molecule has 20 heavy (non-hydrogen) atoms. The zero-order valence-corrected chi connectivity index (χ0v) is 11.7. The Morgan fingerprint density at radius 2 is 2.25 bits per heavy atom. The van der Waals surface area contributed by atoms with E-state index in [1.165, 1.54) is 7.11 Å². The first-order valence-electron chi connectivity index (χ1n) is 6.74.